The van der Waals surface area contributed by atoms with E-state index in [2.05, 4.69) is 6.58 Å². The van der Waals surface area contributed by atoms with Crippen LogP contribution in [0.3, 0.4) is 0 Å². The zero-order valence-electron chi connectivity index (χ0n) is 21.2. The molecule has 0 bridgehead atoms. The monoisotopic (exact) mass is 562 g/mol. The second-order valence-corrected chi connectivity index (χ2v) is 8.89. The van der Waals surface area contributed by atoms with Crippen molar-refractivity contribution in [2.75, 3.05) is 6.61 Å². The van der Waals surface area contributed by atoms with Crippen molar-refractivity contribution in [3.8, 4) is 39.1 Å². The summed E-state index contributed by atoms with van der Waals surface area (Å²) in [6, 6.07) is 7.96. The van der Waals surface area contributed by atoms with E-state index in [-0.39, 0.29) is 18.6 Å². The molecular formula is C31H22F8O. The van der Waals surface area contributed by atoms with Crippen molar-refractivity contribution in [2.45, 2.75) is 26.2 Å². The molecule has 0 aromatic heterocycles. The number of hydrogen-bond acceptors (Lipinski definition) is 1. The third-order valence-electron chi connectivity index (χ3n) is 6.32. The average Bonchev–Trinajstić information content (AvgIpc) is 2.94. The molecule has 0 radical (unpaired) electrons. The minimum atomic E-state index is -1.65. The largest absolute Gasteiger partial charge is 0.490 e. The Morgan fingerprint density at radius 1 is 0.550 bits per heavy atom. The molecule has 1 nitrogen and oxygen atoms in total. The molecule has 40 heavy (non-hydrogen) atoms. The molecule has 0 N–H and O–H groups in total. The first-order valence-electron chi connectivity index (χ1n) is 12.3. The van der Waals surface area contributed by atoms with E-state index in [1.807, 2.05) is 0 Å². The average molecular weight is 563 g/mol. The van der Waals surface area contributed by atoms with Gasteiger partial charge in [-0.2, -0.15) is 4.39 Å². The Balaban J connectivity index is 1.74. The molecule has 4 aromatic rings. The molecule has 0 saturated heterocycles. The molecule has 0 aliphatic carbocycles. The highest BCUT2D eigenvalue weighted by Gasteiger charge is 2.25. The van der Waals surface area contributed by atoms with E-state index in [9.17, 15) is 17.6 Å². The van der Waals surface area contributed by atoms with Crippen LogP contribution in [0.15, 0.2) is 61.2 Å². The van der Waals surface area contributed by atoms with Gasteiger partial charge in [0.2, 0.25) is 5.82 Å². The van der Waals surface area contributed by atoms with Gasteiger partial charge >= 0.3 is 0 Å². The van der Waals surface area contributed by atoms with Crippen LogP contribution in [0.4, 0.5) is 35.1 Å². The van der Waals surface area contributed by atoms with Crippen molar-refractivity contribution < 1.29 is 39.9 Å². The smallest absolute Gasteiger partial charge is 0.201 e. The van der Waals surface area contributed by atoms with Crippen molar-refractivity contribution in [2.24, 2.45) is 0 Å². The zero-order chi connectivity index (χ0) is 29.1. The van der Waals surface area contributed by atoms with Crippen LogP contribution in [-0.4, -0.2) is 6.61 Å². The molecule has 0 aliphatic heterocycles. The Morgan fingerprint density at radius 2 is 0.925 bits per heavy atom. The number of rotatable bonds is 9. The van der Waals surface area contributed by atoms with Gasteiger partial charge in [0.25, 0.3) is 0 Å². The molecule has 4 rings (SSSR count). The molecule has 0 heterocycles. The van der Waals surface area contributed by atoms with Crippen LogP contribution in [0.5, 0.6) is 5.75 Å². The summed E-state index contributed by atoms with van der Waals surface area (Å²) in [5.41, 5.74) is -3.88. The van der Waals surface area contributed by atoms with Crippen LogP contribution in [-0.2, 0) is 6.42 Å². The van der Waals surface area contributed by atoms with E-state index in [1.54, 1.807) is 6.92 Å². The van der Waals surface area contributed by atoms with Crippen molar-refractivity contribution >= 4 is 0 Å². The Labute approximate surface area is 225 Å². The lowest BCUT2D eigenvalue weighted by Crippen LogP contribution is -2.03. The van der Waals surface area contributed by atoms with E-state index in [4.69, 9.17) is 4.74 Å². The van der Waals surface area contributed by atoms with Gasteiger partial charge in [-0.1, -0.05) is 49.4 Å². The van der Waals surface area contributed by atoms with E-state index in [1.165, 1.54) is 12.1 Å². The number of benzene rings is 4. The van der Waals surface area contributed by atoms with Crippen LogP contribution >= 0.6 is 0 Å². The van der Waals surface area contributed by atoms with Gasteiger partial charge in [0.05, 0.1) is 6.61 Å². The van der Waals surface area contributed by atoms with Crippen LogP contribution in [0.1, 0.15) is 25.3 Å². The maximum Gasteiger partial charge on any atom is 0.201 e. The summed E-state index contributed by atoms with van der Waals surface area (Å²) in [5.74, 6) is -12.4. The van der Waals surface area contributed by atoms with Crippen LogP contribution in [0, 0.1) is 46.5 Å². The molecule has 0 fully saturated rings. The van der Waals surface area contributed by atoms with Crippen molar-refractivity contribution in [3.05, 3.63) is 113 Å². The molecule has 0 atom stereocenters. The molecule has 0 saturated carbocycles. The van der Waals surface area contributed by atoms with E-state index in [0.29, 0.717) is 12.8 Å². The van der Waals surface area contributed by atoms with Crippen LogP contribution < -0.4 is 4.74 Å². The lowest BCUT2D eigenvalue weighted by molar-refractivity contribution is 0.295. The first-order chi connectivity index (χ1) is 19.1. The summed E-state index contributed by atoms with van der Waals surface area (Å²) in [7, 11) is 0. The number of allylic oxidation sites excluding steroid dienone is 1. The molecule has 0 amide bonds. The predicted molar refractivity (Wildman–Crippen MR) is 137 cm³/mol. The summed E-state index contributed by atoms with van der Waals surface area (Å²) in [4.78, 5) is 0. The highest BCUT2D eigenvalue weighted by atomic mass is 19.2. The fraction of sp³-hybridized carbons (Fsp3) is 0.161. The molecule has 208 valence electrons. The van der Waals surface area contributed by atoms with Gasteiger partial charge in [0, 0.05) is 33.4 Å². The Kier molecular flexibility index (Phi) is 8.61. The second-order valence-electron chi connectivity index (χ2n) is 8.89. The fourth-order valence-corrected chi connectivity index (χ4v) is 4.24. The predicted octanol–water partition coefficient (Wildman–Crippen LogP) is 9.71. The SMILES string of the molecule is C=CCCc1ccc(-c2ccc(-c3ccc(-c4ccc(OCCC)c(F)c4F)c(F)c3F)c(F)c2F)c(F)c1F. The highest BCUT2D eigenvalue weighted by Crippen LogP contribution is 2.38. The van der Waals surface area contributed by atoms with Gasteiger partial charge in [-0.3, -0.25) is 0 Å². The number of ether oxygens (including phenoxy) is 1. The lowest BCUT2D eigenvalue weighted by Gasteiger charge is -2.14. The first kappa shape index (κ1) is 28.9. The van der Waals surface area contributed by atoms with Gasteiger partial charge in [0.15, 0.2) is 46.5 Å². The second kappa shape index (κ2) is 11.9. The molecule has 0 unspecified atom stereocenters. The third-order valence-corrected chi connectivity index (χ3v) is 6.32. The van der Waals surface area contributed by atoms with Crippen molar-refractivity contribution in [1.82, 2.24) is 0 Å². The molecule has 4 aromatic carbocycles. The number of halogens is 8. The fourth-order valence-electron chi connectivity index (χ4n) is 4.24. The molecule has 0 aliphatic rings. The molecular weight excluding hydrogens is 540 g/mol. The van der Waals surface area contributed by atoms with E-state index >= 15 is 17.6 Å². The maximum atomic E-state index is 15.1. The Hall–Kier alpha value is -4.14. The van der Waals surface area contributed by atoms with Crippen LogP contribution in [0.25, 0.3) is 33.4 Å². The lowest BCUT2D eigenvalue weighted by atomic mass is 9.95. The minimum absolute atomic E-state index is 0.0238. The van der Waals surface area contributed by atoms with Gasteiger partial charge in [-0.15, -0.1) is 6.58 Å². The standard InChI is InChI=1S/C31H22F8O/c1-3-5-6-16-7-8-17(25(33)24(16)32)18-9-10-19(27(35)26(18)34)20-11-12-21(29(37)28(20)36)22-13-14-23(40-15-4-2)31(39)30(22)38/h3,7-14H,1,4-6,15H2,2H3. The van der Waals surface area contributed by atoms with Gasteiger partial charge in [-0.05, 0) is 37.0 Å². The maximum absolute atomic E-state index is 15.1. The van der Waals surface area contributed by atoms with Crippen molar-refractivity contribution in [3.63, 3.8) is 0 Å². The Morgan fingerprint density at radius 3 is 1.35 bits per heavy atom. The third kappa shape index (κ3) is 5.20. The van der Waals surface area contributed by atoms with E-state index in [0.717, 1.165) is 42.5 Å². The molecule has 9 heteroatoms. The minimum Gasteiger partial charge on any atom is -0.490 e. The summed E-state index contributed by atoms with van der Waals surface area (Å²) in [5, 5.41) is 0. The zero-order valence-corrected chi connectivity index (χ0v) is 21.2. The molecule has 0 spiro atoms. The van der Waals surface area contributed by atoms with Gasteiger partial charge in [-0.25, -0.2) is 30.7 Å². The summed E-state index contributed by atoms with van der Waals surface area (Å²) < 4.78 is 124. The summed E-state index contributed by atoms with van der Waals surface area (Å²) >= 11 is 0. The first-order valence-corrected chi connectivity index (χ1v) is 12.3. The topological polar surface area (TPSA) is 9.23 Å². The highest BCUT2D eigenvalue weighted by molar-refractivity contribution is 5.76. The normalized spacial score (nSPS) is 11.1. The van der Waals surface area contributed by atoms with E-state index < -0.39 is 85.7 Å². The Bertz CT molecular complexity index is 1600. The summed E-state index contributed by atoms with van der Waals surface area (Å²) in [6.45, 7) is 5.37. The number of hydrogen-bond donors (Lipinski definition) is 0. The summed E-state index contributed by atoms with van der Waals surface area (Å²) in [6.07, 6.45) is 2.56. The van der Waals surface area contributed by atoms with Crippen molar-refractivity contribution in [1.29, 1.82) is 0 Å². The number of aryl methyl sites for hydroxylation is 1. The quantitative estimate of drug-likeness (QED) is 0.146. The van der Waals surface area contributed by atoms with Crippen LogP contribution in [0.2, 0.25) is 0 Å². The van der Waals surface area contributed by atoms with Gasteiger partial charge in [0.1, 0.15) is 0 Å². The van der Waals surface area contributed by atoms with Gasteiger partial charge < -0.3 is 4.74 Å².